The van der Waals surface area contributed by atoms with E-state index >= 15 is 0 Å². The fourth-order valence-electron chi connectivity index (χ4n) is 2.28. The summed E-state index contributed by atoms with van der Waals surface area (Å²) < 4.78 is 6.93. The highest BCUT2D eigenvalue weighted by molar-refractivity contribution is 6.31. The van der Waals surface area contributed by atoms with Crippen LogP contribution in [0.15, 0.2) is 35.3 Å². The van der Waals surface area contributed by atoms with Crippen LogP contribution in [0.5, 0.6) is 0 Å². The third kappa shape index (κ3) is 5.28. The Morgan fingerprint density at radius 1 is 1.20 bits per heavy atom. The number of benzene rings is 1. The summed E-state index contributed by atoms with van der Waals surface area (Å²) in [4.78, 5) is 12.3. The molecule has 0 saturated carbocycles. The summed E-state index contributed by atoms with van der Waals surface area (Å²) in [5.74, 6) is 0. The predicted octanol–water partition coefficient (Wildman–Crippen LogP) is 4.75. The van der Waals surface area contributed by atoms with Gasteiger partial charge >= 0.3 is 0 Å². The number of ether oxygens (including phenoxy) is 1. The molecule has 1 aromatic carbocycles. The van der Waals surface area contributed by atoms with Crippen molar-refractivity contribution < 1.29 is 4.74 Å². The third-order valence-electron chi connectivity index (χ3n) is 3.63. The van der Waals surface area contributed by atoms with Crippen molar-refractivity contribution in [2.24, 2.45) is 0 Å². The minimum atomic E-state index is -0.404. The first kappa shape index (κ1) is 19.4. The van der Waals surface area contributed by atoms with Gasteiger partial charge in [-0.1, -0.05) is 54.9 Å². The second-order valence-electron chi connectivity index (χ2n) is 6.93. The van der Waals surface area contributed by atoms with Crippen molar-refractivity contribution in [2.75, 3.05) is 6.61 Å². The van der Waals surface area contributed by atoms with Gasteiger partial charge in [-0.15, -0.1) is 0 Å². The van der Waals surface area contributed by atoms with Crippen LogP contribution in [0.25, 0.3) is 12.2 Å². The summed E-state index contributed by atoms with van der Waals surface area (Å²) in [7, 11) is 0. The molecule has 0 amide bonds. The minimum Gasteiger partial charge on any atom is -0.377 e. The van der Waals surface area contributed by atoms with Crippen LogP contribution >= 0.6 is 11.6 Å². The first-order valence-electron chi connectivity index (χ1n) is 8.46. The fraction of sp³-hybridized carbons (Fsp3) is 0.400. The molecule has 0 N–H and O–H groups in total. The molecule has 0 atom stereocenters. The zero-order chi connectivity index (χ0) is 18.4. The molecule has 2 aromatic rings. The van der Waals surface area contributed by atoms with Crippen molar-refractivity contribution in [3.05, 3.63) is 62.5 Å². The predicted molar refractivity (Wildman–Crippen MR) is 104 cm³/mol. The maximum atomic E-state index is 12.3. The Morgan fingerprint density at radius 3 is 2.48 bits per heavy atom. The minimum absolute atomic E-state index is 0.186. The monoisotopic (exact) mass is 360 g/mol. The lowest BCUT2D eigenvalue weighted by Crippen LogP contribution is -2.36. The summed E-state index contributed by atoms with van der Waals surface area (Å²) >= 11 is 6.23. The lowest BCUT2D eigenvalue weighted by Gasteiger charge is -2.20. The maximum absolute atomic E-state index is 12.3. The first-order chi connectivity index (χ1) is 11.8. The molecular formula is C20H25ClN2O2. The average Bonchev–Trinajstić information content (AvgIpc) is 2.56. The first-order valence-corrected chi connectivity index (χ1v) is 8.84. The second kappa shape index (κ2) is 8.45. The lowest BCUT2D eigenvalue weighted by molar-refractivity contribution is 0.121. The Balaban J connectivity index is 2.14. The number of halogens is 1. The molecule has 1 heterocycles. The molecule has 0 radical (unpaired) electrons. The van der Waals surface area contributed by atoms with Crippen molar-refractivity contribution in [1.82, 2.24) is 9.78 Å². The van der Waals surface area contributed by atoms with Gasteiger partial charge in [0.15, 0.2) is 0 Å². The zero-order valence-electron chi connectivity index (χ0n) is 15.3. The van der Waals surface area contributed by atoms with Gasteiger partial charge in [-0.25, -0.2) is 4.68 Å². The Kier molecular flexibility index (Phi) is 6.57. The van der Waals surface area contributed by atoms with Gasteiger partial charge in [0.05, 0.1) is 18.3 Å². The molecule has 134 valence electrons. The van der Waals surface area contributed by atoms with Crippen LogP contribution in [0, 0.1) is 0 Å². The molecule has 0 saturated heterocycles. The van der Waals surface area contributed by atoms with Gasteiger partial charge in [0.25, 0.3) is 5.56 Å². The summed E-state index contributed by atoms with van der Waals surface area (Å²) in [5.41, 5.74) is 2.09. The van der Waals surface area contributed by atoms with Crippen LogP contribution < -0.4 is 5.56 Å². The summed E-state index contributed by atoms with van der Waals surface area (Å²) in [6.07, 6.45) is 6.37. The fourth-order valence-corrected chi connectivity index (χ4v) is 2.48. The van der Waals surface area contributed by atoms with Gasteiger partial charge in [0, 0.05) is 12.2 Å². The summed E-state index contributed by atoms with van der Waals surface area (Å²) in [6, 6.07) is 8.09. The molecule has 5 heteroatoms. The molecule has 0 fully saturated rings. The molecule has 0 aliphatic carbocycles. The Hall–Kier alpha value is -1.91. The van der Waals surface area contributed by atoms with E-state index in [-0.39, 0.29) is 10.6 Å². The van der Waals surface area contributed by atoms with Crippen LogP contribution in [-0.4, -0.2) is 16.4 Å². The van der Waals surface area contributed by atoms with Gasteiger partial charge in [0.1, 0.15) is 5.02 Å². The van der Waals surface area contributed by atoms with Crippen LogP contribution in [0.4, 0.5) is 0 Å². The van der Waals surface area contributed by atoms with E-state index in [1.807, 2.05) is 57.2 Å². The SMILES string of the molecule is CCCOCc1ccc(/C=C/c2cnn(C(C)(C)C)c(=O)c2Cl)cc1. The van der Waals surface area contributed by atoms with Crippen molar-refractivity contribution in [3.8, 4) is 0 Å². The molecule has 0 spiro atoms. The van der Waals surface area contributed by atoms with E-state index in [1.54, 1.807) is 6.20 Å². The number of hydrogen-bond acceptors (Lipinski definition) is 3. The van der Waals surface area contributed by atoms with E-state index < -0.39 is 5.54 Å². The standard InChI is InChI=1S/C20H25ClN2O2/c1-5-12-25-14-16-8-6-15(7-9-16)10-11-17-13-22-23(20(2,3)4)19(24)18(17)21/h6-11,13H,5,12,14H2,1-4H3/b11-10+. The third-order valence-corrected chi connectivity index (χ3v) is 4.01. The van der Waals surface area contributed by atoms with Crippen LogP contribution in [0.3, 0.4) is 0 Å². The molecule has 25 heavy (non-hydrogen) atoms. The Labute approximate surface area is 154 Å². The molecule has 0 unspecified atom stereocenters. The van der Waals surface area contributed by atoms with E-state index in [2.05, 4.69) is 12.0 Å². The number of aromatic nitrogens is 2. The van der Waals surface area contributed by atoms with E-state index in [0.717, 1.165) is 24.2 Å². The lowest BCUT2D eigenvalue weighted by atomic mass is 10.1. The molecule has 2 rings (SSSR count). The Morgan fingerprint density at radius 2 is 1.88 bits per heavy atom. The van der Waals surface area contributed by atoms with Gasteiger partial charge in [-0.3, -0.25) is 4.79 Å². The van der Waals surface area contributed by atoms with E-state index in [4.69, 9.17) is 16.3 Å². The van der Waals surface area contributed by atoms with E-state index in [9.17, 15) is 4.79 Å². The van der Waals surface area contributed by atoms with Gasteiger partial charge < -0.3 is 4.74 Å². The summed E-state index contributed by atoms with van der Waals surface area (Å²) in [5, 5.41) is 4.42. The van der Waals surface area contributed by atoms with Gasteiger partial charge in [0.2, 0.25) is 0 Å². The van der Waals surface area contributed by atoms with Crippen molar-refractivity contribution in [3.63, 3.8) is 0 Å². The van der Waals surface area contributed by atoms with Crippen LogP contribution in [-0.2, 0) is 16.9 Å². The number of nitrogens with zero attached hydrogens (tertiary/aromatic N) is 2. The zero-order valence-corrected chi connectivity index (χ0v) is 16.0. The van der Waals surface area contributed by atoms with Gasteiger partial charge in [-0.05, 0) is 38.3 Å². The van der Waals surface area contributed by atoms with E-state index in [1.165, 1.54) is 4.68 Å². The smallest absolute Gasteiger partial charge is 0.286 e. The maximum Gasteiger partial charge on any atom is 0.286 e. The van der Waals surface area contributed by atoms with Crippen molar-refractivity contribution >= 4 is 23.8 Å². The highest BCUT2D eigenvalue weighted by Gasteiger charge is 2.18. The van der Waals surface area contributed by atoms with Gasteiger partial charge in [-0.2, -0.15) is 5.10 Å². The van der Waals surface area contributed by atoms with E-state index in [0.29, 0.717) is 12.2 Å². The molecule has 0 bridgehead atoms. The highest BCUT2D eigenvalue weighted by Crippen LogP contribution is 2.17. The number of rotatable bonds is 6. The topological polar surface area (TPSA) is 44.1 Å². The normalized spacial score (nSPS) is 12.0. The van der Waals surface area contributed by atoms with Crippen molar-refractivity contribution in [1.29, 1.82) is 0 Å². The van der Waals surface area contributed by atoms with Crippen molar-refractivity contribution in [2.45, 2.75) is 46.3 Å². The molecule has 4 nitrogen and oxygen atoms in total. The highest BCUT2D eigenvalue weighted by atomic mass is 35.5. The molecule has 1 aromatic heterocycles. The largest absolute Gasteiger partial charge is 0.377 e. The molecular weight excluding hydrogens is 336 g/mol. The second-order valence-corrected chi connectivity index (χ2v) is 7.31. The summed E-state index contributed by atoms with van der Waals surface area (Å²) in [6.45, 7) is 9.23. The average molecular weight is 361 g/mol. The quantitative estimate of drug-likeness (QED) is 0.698. The molecule has 0 aliphatic heterocycles. The number of hydrogen-bond donors (Lipinski definition) is 0. The Bertz CT molecular complexity index is 787. The van der Waals surface area contributed by atoms with Crippen LogP contribution in [0.1, 0.15) is 50.8 Å². The molecule has 0 aliphatic rings. The van der Waals surface area contributed by atoms with Crippen LogP contribution in [0.2, 0.25) is 5.02 Å².